The molecular formula is C14H15FN4S. The van der Waals surface area contributed by atoms with Gasteiger partial charge in [-0.1, -0.05) is 18.3 Å². The van der Waals surface area contributed by atoms with Crippen molar-refractivity contribution in [2.24, 2.45) is 5.73 Å². The first kappa shape index (κ1) is 14.4. The zero-order valence-electron chi connectivity index (χ0n) is 11.0. The Hall–Kier alpha value is -2.05. The molecule has 0 aliphatic heterocycles. The third kappa shape index (κ3) is 2.76. The molecule has 0 radical (unpaired) electrons. The number of nitrogens with two attached hydrogens (primary N) is 2. The topological polar surface area (TPSA) is 80.7 Å². The maximum atomic E-state index is 13.1. The molecule has 4 nitrogen and oxygen atoms in total. The third-order valence-corrected chi connectivity index (χ3v) is 3.26. The number of halogens is 1. The highest BCUT2D eigenvalue weighted by Gasteiger charge is 2.13. The van der Waals surface area contributed by atoms with Crippen LogP contribution in [0.1, 0.15) is 12.5 Å². The molecule has 0 saturated carbocycles. The van der Waals surface area contributed by atoms with Crippen LogP contribution in [0.25, 0.3) is 16.8 Å². The van der Waals surface area contributed by atoms with Gasteiger partial charge in [0, 0.05) is 12.1 Å². The molecule has 1 aromatic carbocycles. The number of aromatic nitrogens is 2. The van der Waals surface area contributed by atoms with Crippen LogP contribution in [0.2, 0.25) is 0 Å². The molecule has 1 heterocycles. The van der Waals surface area contributed by atoms with Gasteiger partial charge in [0.1, 0.15) is 10.5 Å². The normalized spacial score (nSPS) is 11.7. The second-order valence-electron chi connectivity index (χ2n) is 4.20. The van der Waals surface area contributed by atoms with E-state index in [4.69, 9.17) is 23.7 Å². The van der Waals surface area contributed by atoms with E-state index in [0.717, 1.165) is 16.7 Å². The maximum Gasteiger partial charge on any atom is 0.199 e. The van der Waals surface area contributed by atoms with E-state index in [0.29, 0.717) is 16.9 Å². The first-order valence-corrected chi connectivity index (χ1v) is 6.49. The number of nitrogens with one attached hydrogen (secondary N) is 1. The number of nitrogen functional groups attached to an aromatic ring is 1. The first-order valence-electron chi connectivity index (χ1n) is 6.08. The van der Waals surface area contributed by atoms with E-state index < -0.39 is 0 Å². The van der Waals surface area contributed by atoms with Crippen molar-refractivity contribution >= 4 is 23.7 Å². The number of hydrogen-bond donors (Lipinski definition) is 3. The Morgan fingerprint density at radius 3 is 2.60 bits per heavy atom. The minimum absolute atomic E-state index is 0.213. The number of rotatable bonds is 3. The Morgan fingerprint density at radius 1 is 1.40 bits per heavy atom. The van der Waals surface area contributed by atoms with Gasteiger partial charge in [0.2, 0.25) is 0 Å². The Bertz CT molecular complexity index is 704. The molecule has 0 unspecified atom stereocenters. The van der Waals surface area contributed by atoms with Crippen molar-refractivity contribution < 1.29 is 4.39 Å². The number of benzene rings is 1. The van der Waals surface area contributed by atoms with Crippen LogP contribution in [0.3, 0.4) is 0 Å². The van der Waals surface area contributed by atoms with E-state index in [1.54, 1.807) is 12.1 Å². The number of H-pyrrole nitrogens is 1. The molecule has 2 rings (SSSR count). The van der Waals surface area contributed by atoms with Crippen LogP contribution in [0.5, 0.6) is 0 Å². The highest BCUT2D eigenvalue weighted by molar-refractivity contribution is 7.71. The van der Waals surface area contributed by atoms with E-state index in [2.05, 4.69) is 9.97 Å². The lowest BCUT2D eigenvalue weighted by atomic mass is 10.0. The van der Waals surface area contributed by atoms with Crippen LogP contribution in [-0.2, 0) is 0 Å². The number of allylic oxidation sites excluding steroid dienone is 1. The summed E-state index contributed by atoms with van der Waals surface area (Å²) in [5, 5.41) is 0. The molecule has 0 saturated heterocycles. The number of nitrogens with zero attached hydrogens (tertiary/aromatic N) is 1. The van der Waals surface area contributed by atoms with E-state index in [1.165, 1.54) is 12.1 Å². The van der Waals surface area contributed by atoms with E-state index >= 15 is 0 Å². The molecule has 6 heteroatoms. The average Bonchev–Trinajstić information content (AvgIpc) is 2.42. The molecule has 0 amide bonds. The highest BCUT2D eigenvalue weighted by atomic mass is 32.1. The Labute approximate surface area is 121 Å². The molecule has 2 aromatic rings. The van der Waals surface area contributed by atoms with Crippen LogP contribution in [0.15, 0.2) is 30.3 Å². The lowest BCUT2D eigenvalue weighted by molar-refractivity contribution is 0.628. The summed E-state index contributed by atoms with van der Waals surface area (Å²) < 4.78 is 13.4. The zero-order chi connectivity index (χ0) is 14.7. The SMILES string of the molecule is C/C=C(\CN)c1c(-c2ccc(F)cc2)[nH]c(N)nc1=S. The lowest BCUT2D eigenvalue weighted by Crippen LogP contribution is -2.08. The standard InChI is InChI=1S/C14H15FN4S/c1-2-8(7-16)11-12(18-14(17)19-13(11)20)9-3-5-10(15)6-4-9/h2-6H,7,16H2,1H3,(H3,17,18,19,20)/b8-2+. The van der Waals surface area contributed by atoms with Crippen LogP contribution >= 0.6 is 12.2 Å². The second kappa shape index (κ2) is 5.94. The fraction of sp³-hybridized carbons (Fsp3) is 0.143. The summed E-state index contributed by atoms with van der Waals surface area (Å²) in [5.41, 5.74) is 14.5. The fourth-order valence-electron chi connectivity index (χ4n) is 1.99. The van der Waals surface area contributed by atoms with Crippen molar-refractivity contribution in [3.63, 3.8) is 0 Å². The van der Waals surface area contributed by atoms with E-state index in [9.17, 15) is 4.39 Å². The molecule has 0 spiro atoms. The van der Waals surface area contributed by atoms with E-state index in [-0.39, 0.29) is 11.8 Å². The molecule has 0 atom stereocenters. The molecule has 5 N–H and O–H groups in total. The number of hydrogen-bond acceptors (Lipinski definition) is 4. The molecule has 20 heavy (non-hydrogen) atoms. The summed E-state index contributed by atoms with van der Waals surface area (Å²) in [6, 6.07) is 6.07. The molecule has 104 valence electrons. The van der Waals surface area contributed by atoms with Gasteiger partial charge in [-0.15, -0.1) is 0 Å². The second-order valence-corrected chi connectivity index (χ2v) is 4.59. The third-order valence-electron chi connectivity index (χ3n) is 2.96. The van der Waals surface area contributed by atoms with Crippen LogP contribution in [-0.4, -0.2) is 16.5 Å². The molecule has 0 aliphatic carbocycles. The molecule has 0 aliphatic rings. The van der Waals surface area contributed by atoms with Gasteiger partial charge in [0.25, 0.3) is 0 Å². The van der Waals surface area contributed by atoms with Gasteiger partial charge in [0.05, 0.1) is 5.69 Å². The highest BCUT2D eigenvalue weighted by Crippen LogP contribution is 2.28. The summed E-state index contributed by atoms with van der Waals surface area (Å²) >= 11 is 5.28. The molecule has 1 aromatic heterocycles. The monoisotopic (exact) mass is 290 g/mol. The van der Waals surface area contributed by atoms with Crippen molar-refractivity contribution in [3.8, 4) is 11.3 Å². The fourth-order valence-corrected chi connectivity index (χ4v) is 2.32. The summed E-state index contributed by atoms with van der Waals surface area (Å²) in [6.07, 6.45) is 1.88. The van der Waals surface area contributed by atoms with Gasteiger partial charge in [-0.05, 0) is 42.3 Å². The van der Waals surface area contributed by atoms with Crippen LogP contribution < -0.4 is 11.5 Å². The van der Waals surface area contributed by atoms with Gasteiger partial charge >= 0.3 is 0 Å². The predicted octanol–water partition coefficient (Wildman–Crippen LogP) is 2.89. The lowest BCUT2D eigenvalue weighted by Gasteiger charge is -2.12. The summed E-state index contributed by atoms with van der Waals surface area (Å²) in [6.45, 7) is 2.20. The number of anilines is 1. The first-order chi connectivity index (χ1) is 9.56. The van der Waals surface area contributed by atoms with E-state index in [1.807, 2.05) is 13.0 Å². The quantitative estimate of drug-likeness (QED) is 0.759. The predicted molar refractivity (Wildman–Crippen MR) is 81.9 cm³/mol. The van der Waals surface area contributed by atoms with Gasteiger partial charge in [0.15, 0.2) is 5.95 Å². The smallest absolute Gasteiger partial charge is 0.199 e. The summed E-state index contributed by atoms with van der Waals surface area (Å²) in [5.74, 6) is -0.0912. The van der Waals surface area contributed by atoms with Crippen LogP contribution in [0, 0.1) is 10.5 Å². The average molecular weight is 290 g/mol. The van der Waals surface area contributed by atoms with Crippen molar-refractivity contribution in [3.05, 3.63) is 46.4 Å². The van der Waals surface area contributed by atoms with Crippen molar-refractivity contribution in [2.45, 2.75) is 6.92 Å². The largest absolute Gasteiger partial charge is 0.369 e. The van der Waals surface area contributed by atoms with Gasteiger partial charge in [-0.25, -0.2) is 9.37 Å². The molecule has 0 bridgehead atoms. The minimum atomic E-state index is -0.305. The maximum absolute atomic E-state index is 13.1. The summed E-state index contributed by atoms with van der Waals surface area (Å²) in [4.78, 5) is 7.04. The zero-order valence-corrected chi connectivity index (χ0v) is 11.8. The molecular weight excluding hydrogens is 275 g/mol. The van der Waals surface area contributed by atoms with Gasteiger partial charge in [-0.3, -0.25) is 0 Å². The van der Waals surface area contributed by atoms with Crippen molar-refractivity contribution in [1.82, 2.24) is 9.97 Å². The van der Waals surface area contributed by atoms with Gasteiger partial charge < -0.3 is 16.5 Å². The molecule has 0 fully saturated rings. The Kier molecular flexibility index (Phi) is 4.26. The summed E-state index contributed by atoms with van der Waals surface area (Å²) in [7, 11) is 0. The number of aromatic amines is 1. The Morgan fingerprint density at radius 2 is 2.05 bits per heavy atom. The van der Waals surface area contributed by atoms with Crippen LogP contribution in [0.4, 0.5) is 10.3 Å². The van der Waals surface area contributed by atoms with Crippen molar-refractivity contribution in [2.75, 3.05) is 12.3 Å². The minimum Gasteiger partial charge on any atom is -0.369 e. The Balaban J connectivity index is 2.74. The van der Waals surface area contributed by atoms with Gasteiger partial charge in [-0.2, -0.15) is 0 Å². The van der Waals surface area contributed by atoms with Crippen molar-refractivity contribution in [1.29, 1.82) is 0 Å².